The van der Waals surface area contributed by atoms with Crippen molar-refractivity contribution in [2.75, 3.05) is 32.8 Å². The normalized spacial score (nSPS) is 21.0. The van der Waals surface area contributed by atoms with Crippen LogP contribution < -0.4 is 0 Å². The summed E-state index contributed by atoms with van der Waals surface area (Å²) in [7, 11) is -3.65. The van der Waals surface area contributed by atoms with Gasteiger partial charge in [-0.2, -0.15) is 4.31 Å². The molecule has 2 aliphatic heterocycles. The number of rotatable bonds is 5. The summed E-state index contributed by atoms with van der Waals surface area (Å²) in [6.45, 7) is 5.85. The number of carbonyl (C=O) groups excluding carboxylic acids is 2. The van der Waals surface area contributed by atoms with E-state index in [0.29, 0.717) is 37.7 Å². The van der Waals surface area contributed by atoms with Crippen LogP contribution in [-0.2, 0) is 19.6 Å². The molecular formula is C21H30N2O5S. The second-order valence-corrected chi connectivity index (χ2v) is 10.0. The number of aryl methyl sites for hydroxylation is 1. The number of amides is 1. The number of ether oxygens (including phenoxy) is 1. The van der Waals surface area contributed by atoms with Crippen LogP contribution in [0.1, 0.15) is 54.9 Å². The van der Waals surface area contributed by atoms with Crippen LogP contribution in [0.5, 0.6) is 0 Å². The number of hydrogen-bond acceptors (Lipinski definition) is 5. The second-order valence-electron chi connectivity index (χ2n) is 8.11. The zero-order valence-corrected chi connectivity index (χ0v) is 18.0. The first-order chi connectivity index (χ1) is 13.8. The summed E-state index contributed by atoms with van der Waals surface area (Å²) in [5.41, 5.74) is 0.733. The van der Waals surface area contributed by atoms with Crippen LogP contribution in [0, 0.1) is 12.8 Å². The highest BCUT2D eigenvalue weighted by molar-refractivity contribution is 7.89. The summed E-state index contributed by atoms with van der Waals surface area (Å²) in [6.07, 6.45) is 4.77. The first-order valence-corrected chi connectivity index (χ1v) is 11.8. The fraction of sp³-hybridized carbons (Fsp3) is 0.619. The van der Waals surface area contributed by atoms with Gasteiger partial charge in [-0.15, -0.1) is 0 Å². The number of benzene rings is 1. The van der Waals surface area contributed by atoms with Crippen molar-refractivity contribution in [3.8, 4) is 0 Å². The molecule has 2 fully saturated rings. The van der Waals surface area contributed by atoms with E-state index >= 15 is 0 Å². The van der Waals surface area contributed by atoms with Crippen molar-refractivity contribution in [1.29, 1.82) is 0 Å². The van der Waals surface area contributed by atoms with E-state index in [1.54, 1.807) is 24.0 Å². The fourth-order valence-corrected chi connectivity index (χ4v) is 5.74. The average Bonchev–Trinajstić information content (AvgIpc) is 2.72. The van der Waals surface area contributed by atoms with Gasteiger partial charge in [-0.25, -0.2) is 13.2 Å². The Morgan fingerprint density at radius 1 is 1.10 bits per heavy atom. The smallest absolute Gasteiger partial charge is 0.338 e. The van der Waals surface area contributed by atoms with Gasteiger partial charge in [-0.05, 0) is 56.2 Å². The molecule has 2 saturated heterocycles. The van der Waals surface area contributed by atoms with E-state index in [2.05, 4.69) is 6.92 Å². The molecule has 0 aromatic heterocycles. The van der Waals surface area contributed by atoms with Crippen molar-refractivity contribution >= 4 is 21.9 Å². The first-order valence-electron chi connectivity index (χ1n) is 10.3. The number of carbonyl (C=O) groups is 2. The van der Waals surface area contributed by atoms with Crippen molar-refractivity contribution in [3.63, 3.8) is 0 Å². The molecule has 29 heavy (non-hydrogen) atoms. The van der Waals surface area contributed by atoms with Gasteiger partial charge >= 0.3 is 5.97 Å². The molecule has 0 saturated carbocycles. The van der Waals surface area contributed by atoms with Crippen LogP contribution in [-0.4, -0.2) is 62.3 Å². The Hall–Kier alpha value is -1.93. The highest BCUT2D eigenvalue weighted by Gasteiger charge is 2.28. The summed E-state index contributed by atoms with van der Waals surface area (Å²) < 4.78 is 32.7. The largest absolute Gasteiger partial charge is 0.452 e. The molecule has 7 nitrogen and oxygen atoms in total. The molecule has 2 heterocycles. The summed E-state index contributed by atoms with van der Waals surface area (Å²) in [5.74, 6) is -0.445. The Kier molecular flexibility index (Phi) is 6.95. The predicted octanol–water partition coefficient (Wildman–Crippen LogP) is 2.58. The molecule has 1 atom stereocenters. The summed E-state index contributed by atoms with van der Waals surface area (Å²) >= 11 is 0. The Morgan fingerprint density at radius 3 is 2.52 bits per heavy atom. The van der Waals surface area contributed by atoms with Crippen molar-refractivity contribution in [2.45, 2.75) is 50.8 Å². The quantitative estimate of drug-likeness (QED) is 0.681. The molecule has 0 N–H and O–H groups in total. The number of esters is 1. The minimum absolute atomic E-state index is 0.130. The van der Waals surface area contributed by atoms with Crippen LogP contribution in [0.4, 0.5) is 0 Å². The van der Waals surface area contributed by atoms with Gasteiger partial charge in [0, 0.05) is 26.2 Å². The van der Waals surface area contributed by atoms with Gasteiger partial charge in [0.2, 0.25) is 10.0 Å². The molecule has 0 unspecified atom stereocenters. The van der Waals surface area contributed by atoms with Crippen molar-refractivity contribution < 1.29 is 22.7 Å². The van der Waals surface area contributed by atoms with Gasteiger partial charge in [-0.3, -0.25) is 4.79 Å². The van der Waals surface area contributed by atoms with Crippen molar-refractivity contribution in [3.05, 3.63) is 29.3 Å². The third-order valence-corrected chi connectivity index (χ3v) is 7.73. The lowest BCUT2D eigenvalue weighted by Crippen LogP contribution is -2.41. The van der Waals surface area contributed by atoms with Gasteiger partial charge in [0.25, 0.3) is 5.91 Å². The SMILES string of the molecule is Cc1ccc(C(=O)OCC(=O)N2CCC[C@@H](C)C2)cc1S(=O)(=O)N1CCCCC1. The molecule has 1 aromatic carbocycles. The Labute approximate surface area is 173 Å². The molecule has 160 valence electrons. The maximum atomic E-state index is 13.0. The van der Waals surface area contributed by atoms with Gasteiger partial charge < -0.3 is 9.64 Å². The minimum Gasteiger partial charge on any atom is -0.452 e. The second kappa shape index (κ2) is 9.26. The Morgan fingerprint density at radius 2 is 1.83 bits per heavy atom. The standard InChI is InChI=1S/C21H30N2O5S/c1-16-7-6-10-22(14-16)20(24)15-28-21(25)18-9-8-17(2)19(13-18)29(26,27)23-11-4-3-5-12-23/h8-9,13,16H,3-7,10-12,14-15H2,1-2H3/t16-/m1/s1. The van der Waals surface area contributed by atoms with E-state index in [1.165, 1.54) is 10.4 Å². The third-order valence-electron chi connectivity index (χ3n) is 5.69. The number of nitrogens with zero attached hydrogens (tertiary/aromatic N) is 2. The number of piperidine rings is 2. The molecule has 0 bridgehead atoms. The monoisotopic (exact) mass is 422 g/mol. The molecule has 3 rings (SSSR count). The van der Waals surface area contributed by atoms with Gasteiger partial charge in [0.1, 0.15) is 0 Å². The molecule has 0 aliphatic carbocycles. The number of sulfonamides is 1. The summed E-state index contributed by atoms with van der Waals surface area (Å²) in [4.78, 5) is 26.6. The third kappa shape index (κ3) is 5.17. The molecule has 0 radical (unpaired) electrons. The topological polar surface area (TPSA) is 84.0 Å². The molecule has 1 amide bonds. The van der Waals surface area contributed by atoms with Crippen LogP contribution >= 0.6 is 0 Å². The fourth-order valence-electron chi connectivity index (χ4n) is 3.97. The van der Waals surface area contributed by atoms with E-state index in [0.717, 1.165) is 32.1 Å². The van der Waals surface area contributed by atoms with Crippen molar-refractivity contribution in [1.82, 2.24) is 9.21 Å². The first kappa shape index (κ1) is 21.8. The van der Waals surface area contributed by atoms with E-state index in [9.17, 15) is 18.0 Å². The number of likely N-dealkylation sites (tertiary alicyclic amines) is 1. The molecule has 2 aliphatic rings. The molecule has 8 heteroatoms. The van der Waals surface area contributed by atoms with Crippen LogP contribution in [0.3, 0.4) is 0 Å². The summed E-state index contributed by atoms with van der Waals surface area (Å²) in [5, 5.41) is 0. The molecule has 1 aromatic rings. The Bertz CT molecular complexity index is 862. The zero-order chi connectivity index (χ0) is 21.0. The summed E-state index contributed by atoms with van der Waals surface area (Å²) in [6, 6.07) is 4.52. The lowest BCUT2D eigenvalue weighted by atomic mass is 10.0. The number of hydrogen-bond donors (Lipinski definition) is 0. The van der Waals surface area contributed by atoms with E-state index in [1.807, 2.05) is 0 Å². The van der Waals surface area contributed by atoms with E-state index < -0.39 is 16.0 Å². The van der Waals surface area contributed by atoms with E-state index in [4.69, 9.17) is 4.74 Å². The minimum atomic E-state index is -3.65. The molecule has 0 spiro atoms. The van der Waals surface area contributed by atoms with E-state index in [-0.39, 0.29) is 23.0 Å². The van der Waals surface area contributed by atoms with Crippen LogP contribution in [0.25, 0.3) is 0 Å². The highest BCUT2D eigenvalue weighted by Crippen LogP contribution is 2.24. The lowest BCUT2D eigenvalue weighted by Gasteiger charge is -2.30. The van der Waals surface area contributed by atoms with Crippen LogP contribution in [0.15, 0.2) is 23.1 Å². The lowest BCUT2D eigenvalue weighted by molar-refractivity contribution is -0.136. The maximum Gasteiger partial charge on any atom is 0.338 e. The van der Waals surface area contributed by atoms with Gasteiger partial charge in [-0.1, -0.05) is 19.4 Å². The molecular weight excluding hydrogens is 392 g/mol. The average molecular weight is 423 g/mol. The Balaban J connectivity index is 1.68. The van der Waals surface area contributed by atoms with Gasteiger partial charge in [0.05, 0.1) is 10.5 Å². The maximum absolute atomic E-state index is 13.0. The zero-order valence-electron chi connectivity index (χ0n) is 17.2. The van der Waals surface area contributed by atoms with Crippen molar-refractivity contribution in [2.24, 2.45) is 5.92 Å². The van der Waals surface area contributed by atoms with Crippen LogP contribution in [0.2, 0.25) is 0 Å². The van der Waals surface area contributed by atoms with Gasteiger partial charge in [0.15, 0.2) is 6.61 Å². The highest BCUT2D eigenvalue weighted by atomic mass is 32.2. The predicted molar refractivity (Wildman–Crippen MR) is 109 cm³/mol.